The highest BCUT2D eigenvalue weighted by atomic mass is 16.2. The number of carbonyl (C=O) groups excluding carboxylic acids is 1. The summed E-state index contributed by atoms with van der Waals surface area (Å²) in [5.74, 6) is 1.36. The fourth-order valence-corrected chi connectivity index (χ4v) is 4.24. The van der Waals surface area contributed by atoms with Crippen molar-refractivity contribution in [1.29, 1.82) is 0 Å². The number of nitrogens with zero attached hydrogens (tertiary/aromatic N) is 4. The van der Waals surface area contributed by atoms with Crippen LogP contribution in [0.5, 0.6) is 0 Å². The molecule has 27 heavy (non-hydrogen) atoms. The van der Waals surface area contributed by atoms with E-state index in [9.17, 15) is 9.59 Å². The maximum Gasteiger partial charge on any atom is 0.253 e. The minimum atomic E-state index is -0.0954. The van der Waals surface area contributed by atoms with Gasteiger partial charge in [0.1, 0.15) is 0 Å². The fourth-order valence-electron chi connectivity index (χ4n) is 4.24. The first-order chi connectivity index (χ1) is 12.7. The van der Waals surface area contributed by atoms with E-state index >= 15 is 0 Å². The van der Waals surface area contributed by atoms with Crippen LogP contribution in [0.15, 0.2) is 17.2 Å². The Hall–Kier alpha value is -1.69. The Bertz CT molecular complexity index is 714. The summed E-state index contributed by atoms with van der Waals surface area (Å²) in [4.78, 5) is 32.9. The van der Waals surface area contributed by atoms with Crippen molar-refractivity contribution in [3.8, 4) is 0 Å². The zero-order valence-electron chi connectivity index (χ0n) is 17.3. The average molecular weight is 375 g/mol. The van der Waals surface area contributed by atoms with E-state index in [1.165, 1.54) is 0 Å². The maximum atomic E-state index is 12.4. The highest BCUT2D eigenvalue weighted by Gasteiger charge is 2.28. The van der Waals surface area contributed by atoms with Gasteiger partial charge in [-0.1, -0.05) is 20.8 Å². The minimum Gasteiger partial charge on any atom is -0.343 e. The predicted octanol–water partition coefficient (Wildman–Crippen LogP) is 2.12. The van der Waals surface area contributed by atoms with Gasteiger partial charge in [0.15, 0.2) is 0 Å². The Balaban J connectivity index is 1.47. The van der Waals surface area contributed by atoms with Gasteiger partial charge in [0.05, 0.1) is 12.0 Å². The van der Waals surface area contributed by atoms with Gasteiger partial charge in [-0.2, -0.15) is 0 Å². The third kappa shape index (κ3) is 5.18. The van der Waals surface area contributed by atoms with Gasteiger partial charge < -0.3 is 9.80 Å². The van der Waals surface area contributed by atoms with E-state index in [2.05, 4.69) is 30.7 Å². The van der Waals surface area contributed by atoms with Gasteiger partial charge in [-0.25, -0.2) is 4.98 Å². The van der Waals surface area contributed by atoms with Crippen LogP contribution in [0.2, 0.25) is 0 Å². The summed E-state index contributed by atoms with van der Waals surface area (Å²) in [6.45, 7) is 13.8. The molecule has 1 atom stereocenters. The molecule has 0 N–H and O–H groups in total. The lowest BCUT2D eigenvalue weighted by Gasteiger charge is -2.33. The lowest BCUT2D eigenvalue weighted by molar-refractivity contribution is -0.127. The lowest BCUT2D eigenvalue weighted by Crippen LogP contribution is -2.39. The summed E-state index contributed by atoms with van der Waals surface area (Å²) in [6, 6.07) is 1.69. The van der Waals surface area contributed by atoms with Crippen LogP contribution in [0.3, 0.4) is 0 Å². The van der Waals surface area contributed by atoms with Crippen molar-refractivity contribution in [2.75, 3.05) is 32.7 Å². The molecule has 0 radical (unpaired) electrons. The third-order valence-electron chi connectivity index (χ3n) is 6.06. The van der Waals surface area contributed by atoms with Crippen molar-refractivity contribution < 1.29 is 4.79 Å². The monoisotopic (exact) mass is 374 g/mol. The van der Waals surface area contributed by atoms with Crippen molar-refractivity contribution in [1.82, 2.24) is 19.4 Å². The fraction of sp³-hybridized carbons (Fsp3) is 0.762. The zero-order chi connectivity index (χ0) is 19.6. The van der Waals surface area contributed by atoms with Gasteiger partial charge in [0.2, 0.25) is 5.91 Å². The quantitative estimate of drug-likeness (QED) is 0.810. The Kier molecular flexibility index (Phi) is 6.04. The number of hydrogen-bond donors (Lipinski definition) is 0. The standard InChI is InChI=1S/C21H34N4O2/c1-16(26)24-10-7-18(14-24)12-23-8-5-17(6-9-23)13-25-15-22-19(11-20(25)27)21(2,3)4/h11,15,17-18H,5-10,12-14H2,1-4H3. The summed E-state index contributed by atoms with van der Waals surface area (Å²) in [7, 11) is 0. The summed E-state index contributed by atoms with van der Waals surface area (Å²) in [5, 5.41) is 0. The molecule has 2 saturated heterocycles. The van der Waals surface area contributed by atoms with Crippen LogP contribution in [0.1, 0.15) is 52.7 Å². The molecule has 2 aliphatic heterocycles. The van der Waals surface area contributed by atoms with Crippen LogP contribution in [0, 0.1) is 11.8 Å². The lowest BCUT2D eigenvalue weighted by atomic mass is 9.92. The molecule has 1 unspecified atom stereocenters. The Morgan fingerprint density at radius 3 is 2.33 bits per heavy atom. The van der Waals surface area contributed by atoms with Crippen LogP contribution in [0.25, 0.3) is 0 Å². The molecule has 1 amide bonds. The van der Waals surface area contributed by atoms with E-state index in [0.717, 1.165) is 64.2 Å². The average Bonchev–Trinajstić information content (AvgIpc) is 3.06. The van der Waals surface area contributed by atoms with Crippen LogP contribution in [-0.2, 0) is 16.8 Å². The Labute approximate surface area is 162 Å². The van der Waals surface area contributed by atoms with E-state index in [4.69, 9.17) is 0 Å². The molecule has 0 spiro atoms. The molecule has 0 aliphatic carbocycles. The van der Waals surface area contributed by atoms with Crippen molar-refractivity contribution in [2.45, 2.75) is 58.9 Å². The van der Waals surface area contributed by atoms with Crippen LogP contribution in [-0.4, -0.2) is 58.0 Å². The van der Waals surface area contributed by atoms with Gasteiger partial charge in [-0.3, -0.25) is 14.2 Å². The van der Waals surface area contributed by atoms with Crippen molar-refractivity contribution in [3.63, 3.8) is 0 Å². The van der Waals surface area contributed by atoms with Gasteiger partial charge in [0.25, 0.3) is 5.56 Å². The first kappa shape index (κ1) is 20.1. The molecule has 1 aromatic heterocycles. The zero-order valence-corrected chi connectivity index (χ0v) is 17.3. The molecular weight excluding hydrogens is 340 g/mol. The van der Waals surface area contributed by atoms with Gasteiger partial charge in [0, 0.05) is 44.6 Å². The molecule has 2 fully saturated rings. The molecule has 3 rings (SSSR count). The van der Waals surface area contributed by atoms with Crippen LogP contribution >= 0.6 is 0 Å². The second kappa shape index (κ2) is 8.13. The Morgan fingerprint density at radius 1 is 1.11 bits per heavy atom. The number of likely N-dealkylation sites (tertiary alicyclic amines) is 2. The smallest absolute Gasteiger partial charge is 0.253 e. The molecular formula is C21H34N4O2. The number of rotatable bonds is 4. The maximum absolute atomic E-state index is 12.4. The first-order valence-electron chi connectivity index (χ1n) is 10.3. The largest absolute Gasteiger partial charge is 0.343 e. The van der Waals surface area contributed by atoms with Crippen molar-refractivity contribution in [3.05, 3.63) is 28.4 Å². The van der Waals surface area contributed by atoms with Crippen molar-refractivity contribution >= 4 is 5.91 Å². The van der Waals surface area contributed by atoms with Gasteiger partial charge >= 0.3 is 0 Å². The Morgan fingerprint density at radius 2 is 1.78 bits per heavy atom. The molecule has 2 aliphatic rings. The number of piperidine rings is 1. The highest BCUT2D eigenvalue weighted by Crippen LogP contribution is 2.23. The summed E-state index contributed by atoms with van der Waals surface area (Å²) >= 11 is 0. The molecule has 6 nitrogen and oxygen atoms in total. The predicted molar refractivity (Wildman–Crippen MR) is 107 cm³/mol. The highest BCUT2D eigenvalue weighted by molar-refractivity contribution is 5.73. The summed E-state index contributed by atoms with van der Waals surface area (Å²) in [6.07, 6.45) is 5.10. The molecule has 6 heteroatoms. The third-order valence-corrected chi connectivity index (χ3v) is 6.06. The summed E-state index contributed by atoms with van der Waals surface area (Å²) < 4.78 is 1.78. The van der Waals surface area contributed by atoms with E-state index in [1.54, 1.807) is 23.9 Å². The number of aromatic nitrogens is 2. The molecule has 0 bridgehead atoms. The topological polar surface area (TPSA) is 58.4 Å². The van der Waals surface area contributed by atoms with Crippen LogP contribution in [0.4, 0.5) is 0 Å². The van der Waals surface area contributed by atoms with E-state index in [0.29, 0.717) is 11.8 Å². The molecule has 0 aromatic carbocycles. The number of amides is 1. The molecule has 3 heterocycles. The molecule has 150 valence electrons. The van der Waals surface area contributed by atoms with Gasteiger partial charge in [-0.05, 0) is 44.2 Å². The number of carbonyl (C=O) groups is 1. The van der Waals surface area contributed by atoms with Crippen molar-refractivity contribution in [2.24, 2.45) is 11.8 Å². The molecule has 0 saturated carbocycles. The van der Waals surface area contributed by atoms with E-state index in [-0.39, 0.29) is 16.9 Å². The van der Waals surface area contributed by atoms with E-state index in [1.807, 2.05) is 4.90 Å². The summed E-state index contributed by atoms with van der Waals surface area (Å²) in [5.41, 5.74) is 0.823. The van der Waals surface area contributed by atoms with Crippen LogP contribution < -0.4 is 5.56 Å². The van der Waals surface area contributed by atoms with Gasteiger partial charge in [-0.15, -0.1) is 0 Å². The number of hydrogen-bond acceptors (Lipinski definition) is 4. The first-order valence-corrected chi connectivity index (χ1v) is 10.3. The normalized spacial score (nSPS) is 22.4. The SMILES string of the molecule is CC(=O)N1CCC(CN2CCC(Cn3cnc(C(C)(C)C)cc3=O)CC2)C1. The van der Waals surface area contributed by atoms with E-state index < -0.39 is 0 Å². The molecule has 1 aromatic rings. The minimum absolute atomic E-state index is 0.0626. The second-order valence-electron chi connectivity index (χ2n) is 9.38. The second-order valence-corrected chi connectivity index (χ2v) is 9.38.